The lowest BCUT2D eigenvalue weighted by atomic mass is 10.0. The van der Waals surface area contributed by atoms with Crippen LogP contribution in [0.25, 0.3) is 43.6 Å². The summed E-state index contributed by atoms with van der Waals surface area (Å²) < 4.78 is 11.3. The maximum absolute atomic E-state index is 2.88. The van der Waals surface area contributed by atoms with Crippen LogP contribution in [0.2, 0.25) is 0 Å². The first-order chi connectivity index (χ1) is 27.6. The Labute approximate surface area is 331 Å². The fourth-order valence-corrected chi connectivity index (χ4v) is 10.5. The van der Waals surface area contributed by atoms with E-state index >= 15 is 0 Å². The summed E-state index contributed by atoms with van der Waals surface area (Å²) in [6, 6.07) is 47.6. The van der Waals surface area contributed by atoms with Gasteiger partial charge in [0.25, 0.3) is 0 Å². The summed E-state index contributed by atoms with van der Waals surface area (Å²) in [5.74, 6) is 0. The Bertz CT molecular complexity index is 2570. The molecule has 10 rings (SSSR count). The molecule has 0 aliphatic heterocycles. The van der Waals surface area contributed by atoms with E-state index in [1.807, 2.05) is 0 Å². The van der Waals surface area contributed by atoms with E-state index in [4.69, 9.17) is 0 Å². The van der Waals surface area contributed by atoms with E-state index in [9.17, 15) is 0 Å². The first kappa shape index (κ1) is 35.2. The van der Waals surface area contributed by atoms with Gasteiger partial charge in [0.05, 0.1) is 22.1 Å². The molecular formula is C52H56N4. The number of aromatic nitrogens is 4. The molecule has 2 heterocycles. The van der Waals surface area contributed by atoms with Crippen molar-refractivity contribution < 1.29 is 0 Å². The van der Waals surface area contributed by atoms with E-state index in [2.05, 4.69) is 153 Å². The van der Waals surface area contributed by atoms with Gasteiger partial charge in [-0.1, -0.05) is 160 Å². The van der Waals surface area contributed by atoms with Crippen LogP contribution in [0.4, 0.5) is 0 Å². The van der Waals surface area contributed by atoms with Crippen LogP contribution in [-0.4, -0.2) is 18.3 Å². The second-order valence-corrected chi connectivity index (χ2v) is 17.1. The zero-order valence-corrected chi connectivity index (χ0v) is 33.4. The number of aryl methyl sites for hydroxylation is 2. The van der Waals surface area contributed by atoms with E-state index in [0.717, 1.165) is 13.1 Å². The first-order valence-electron chi connectivity index (χ1n) is 21.6. The summed E-state index contributed by atoms with van der Waals surface area (Å²) in [5, 5.41) is 5.43. The number of hydrogen-bond acceptors (Lipinski definition) is 0. The van der Waals surface area contributed by atoms with Gasteiger partial charge in [-0.15, -0.1) is 0 Å². The molecule has 2 saturated carbocycles. The lowest BCUT2D eigenvalue weighted by Crippen LogP contribution is -2.25. The van der Waals surface area contributed by atoms with Crippen molar-refractivity contribution in [2.24, 2.45) is 0 Å². The summed E-state index contributed by atoms with van der Waals surface area (Å²) in [5.41, 5.74) is 13.4. The third kappa shape index (κ3) is 6.32. The van der Waals surface area contributed by atoms with Crippen molar-refractivity contribution in [1.29, 1.82) is 0 Å². The molecule has 8 aromatic rings. The molecule has 0 amide bonds. The minimum Gasteiger partial charge on any atom is -0.321 e. The van der Waals surface area contributed by atoms with Gasteiger partial charge < -0.3 is 18.3 Å². The molecule has 6 aromatic carbocycles. The molecule has 284 valence electrons. The van der Waals surface area contributed by atoms with Gasteiger partial charge in [-0.25, -0.2) is 0 Å². The van der Waals surface area contributed by atoms with E-state index in [1.54, 1.807) is 0 Å². The SMILES string of the molecule is Cc1ccc(Cn2/c(=c3\n(Cc4ccc(C)cc4)c4cccc5cccc(c54)n3C3CCCCCC3)n(C3CCCCCC3)c3cccc4cccc2c43)cc1. The Morgan fingerprint density at radius 2 is 0.732 bits per heavy atom. The van der Waals surface area contributed by atoms with E-state index in [0.29, 0.717) is 12.1 Å². The summed E-state index contributed by atoms with van der Waals surface area (Å²) in [6.07, 6.45) is 15.3. The van der Waals surface area contributed by atoms with Crippen LogP contribution in [0.3, 0.4) is 0 Å². The molecule has 0 N–H and O–H groups in total. The normalized spacial score (nSPS) is 16.9. The predicted octanol–water partition coefficient (Wildman–Crippen LogP) is 13.9. The van der Waals surface area contributed by atoms with Crippen LogP contribution < -0.4 is 0 Å². The molecule has 4 nitrogen and oxygen atoms in total. The molecule has 2 aromatic heterocycles. The molecule has 0 radical (unpaired) electrons. The van der Waals surface area contributed by atoms with Crippen LogP contribution in [0.1, 0.15) is 111 Å². The molecule has 0 saturated heterocycles. The van der Waals surface area contributed by atoms with Gasteiger partial charge >= 0.3 is 0 Å². The molecule has 2 aliphatic rings. The van der Waals surface area contributed by atoms with Crippen molar-refractivity contribution >= 4 is 43.6 Å². The molecule has 4 heteroatoms. The van der Waals surface area contributed by atoms with Crippen molar-refractivity contribution in [3.63, 3.8) is 0 Å². The van der Waals surface area contributed by atoms with Crippen molar-refractivity contribution in [2.75, 3.05) is 0 Å². The van der Waals surface area contributed by atoms with Crippen LogP contribution in [0.5, 0.6) is 0 Å². The van der Waals surface area contributed by atoms with Crippen LogP contribution in [0.15, 0.2) is 121 Å². The Hall–Kier alpha value is -5.22. The van der Waals surface area contributed by atoms with E-state index < -0.39 is 0 Å². The highest BCUT2D eigenvalue weighted by molar-refractivity contribution is 6.08. The van der Waals surface area contributed by atoms with Crippen LogP contribution >= 0.6 is 0 Å². The minimum absolute atomic E-state index is 0.407. The van der Waals surface area contributed by atoms with Crippen molar-refractivity contribution in [3.05, 3.63) is 155 Å². The third-order valence-corrected chi connectivity index (χ3v) is 13.3. The Morgan fingerprint density at radius 3 is 1.09 bits per heavy atom. The average Bonchev–Trinajstić information content (AvgIpc) is 3.68. The standard InChI is InChI=1S/C52H56N4/c1-37-27-31-39(32-28-37)35-53-45-23-11-15-41-17-13-25-47(49(41)45)55(43-19-7-3-4-8-20-43)51(53)52-54(36-40-33-29-38(2)30-34-40)46-24-12-16-42-18-14-26-48(50(42)46)56(52)44-21-9-5-6-10-22-44/h11-18,23-34,43-44H,3-10,19-22,35-36H2,1-2H3/b52-51-. The second-order valence-electron chi connectivity index (χ2n) is 17.1. The fraction of sp³-hybridized carbons (Fsp3) is 0.346. The molecule has 2 aliphatic carbocycles. The number of nitrogens with zero attached hydrogens (tertiary/aromatic N) is 4. The number of hydrogen-bond donors (Lipinski definition) is 0. The van der Waals surface area contributed by atoms with Crippen LogP contribution in [0, 0.1) is 24.8 Å². The maximum Gasteiger partial charge on any atom is 0.156 e. The Kier molecular flexibility index (Phi) is 9.45. The first-order valence-corrected chi connectivity index (χ1v) is 21.6. The fourth-order valence-electron chi connectivity index (χ4n) is 10.5. The topological polar surface area (TPSA) is 19.7 Å². The van der Waals surface area contributed by atoms with Gasteiger partial charge in [-0.2, -0.15) is 0 Å². The summed E-state index contributed by atoms with van der Waals surface area (Å²) in [4.78, 5) is 0. The lowest BCUT2D eigenvalue weighted by molar-refractivity contribution is 0.407. The summed E-state index contributed by atoms with van der Waals surface area (Å²) in [6.45, 7) is 6.02. The Balaban J connectivity index is 1.50. The Morgan fingerprint density at radius 1 is 0.393 bits per heavy atom. The highest BCUT2D eigenvalue weighted by atomic mass is 15.2. The van der Waals surface area contributed by atoms with E-state index in [-0.39, 0.29) is 0 Å². The smallest absolute Gasteiger partial charge is 0.156 e. The number of benzene rings is 6. The quantitative estimate of drug-likeness (QED) is 0.152. The molecule has 56 heavy (non-hydrogen) atoms. The summed E-state index contributed by atoms with van der Waals surface area (Å²) >= 11 is 0. The average molecular weight is 737 g/mol. The van der Waals surface area contributed by atoms with Gasteiger partial charge in [0.2, 0.25) is 0 Å². The van der Waals surface area contributed by atoms with Crippen LogP contribution in [-0.2, 0) is 13.1 Å². The highest BCUT2D eigenvalue weighted by Gasteiger charge is 2.26. The zero-order valence-electron chi connectivity index (χ0n) is 33.4. The van der Waals surface area contributed by atoms with Gasteiger partial charge in [0.1, 0.15) is 0 Å². The third-order valence-electron chi connectivity index (χ3n) is 13.3. The highest BCUT2D eigenvalue weighted by Crippen LogP contribution is 2.39. The van der Waals surface area contributed by atoms with Crippen molar-refractivity contribution in [3.8, 4) is 0 Å². The van der Waals surface area contributed by atoms with Gasteiger partial charge in [0, 0.05) is 35.9 Å². The predicted molar refractivity (Wildman–Crippen MR) is 235 cm³/mol. The van der Waals surface area contributed by atoms with Gasteiger partial charge in [-0.3, -0.25) is 0 Å². The second kappa shape index (κ2) is 15.0. The number of rotatable bonds is 6. The monoisotopic (exact) mass is 736 g/mol. The largest absolute Gasteiger partial charge is 0.321 e. The van der Waals surface area contributed by atoms with Gasteiger partial charge in [-0.05, 0) is 85.7 Å². The molecule has 0 unspecified atom stereocenters. The van der Waals surface area contributed by atoms with E-state index in [1.165, 1.54) is 154 Å². The minimum atomic E-state index is 0.407. The molecule has 0 spiro atoms. The summed E-state index contributed by atoms with van der Waals surface area (Å²) in [7, 11) is 0. The lowest BCUT2D eigenvalue weighted by Gasteiger charge is -2.31. The molecular weight excluding hydrogens is 681 g/mol. The van der Waals surface area contributed by atoms with Crippen molar-refractivity contribution in [2.45, 2.75) is 116 Å². The zero-order chi connectivity index (χ0) is 37.6. The van der Waals surface area contributed by atoms with Gasteiger partial charge in [0.15, 0.2) is 11.0 Å². The molecule has 2 fully saturated rings. The molecule has 0 bridgehead atoms. The maximum atomic E-state index is 2.88. The molecule has 0 atom stereocenters. The van der Waals surface area contributed by atoms with Crippen molar-refractivity contribution in [1.82, 2.24) is 18.3 Å².